The summed E-state index contributed by atoms with van der Waals surface area (Å²) in [7, 11) is -9.30. The average Bonchev–Trinajstić information content (AvgIpc) is 1.99. The van der Waals surface area contributed by atoms with Gasteiger partial charge in [-0.15, -0.1) is 0 Å². The Morgan fingerprint density at radius 3 is 1.69 bits per heavy atom. The second kappa shape index (κ2) is 5.65. The molecule has 0 aromatic rings. The van der Waals surface area contributed by atoms with Crippen LogP contribution >= 0.6 is 15.2 Å². The van der Waals surface area contributed by atoms with Crippen LogP contribution in [0.2, 0.25) is 0 Å². The number of hydrogen-bond donors (Lipinski definition) is 6. The van der Waals surface area contributed by atoms with Crippen molar-refractivity contribution >= 4 is 15.2 Å². The largest absolute Gasteiger partial charge is 0.510 e. The highest BCUT2D eigenvalue weighted by molar-refractivity contribution is 7.52. The van der Waals surface area contributed by atoms with Gasteiger partial charge in [-0.1, -0.05) is 0 Å². The summed E-state index contributed by atoms with van der Waals surface area (Å²) >= 11 is 0. The molecular weight excluding hydrogens is 268 g/mol. The summed E-state index contributed by atoms with van der Waals surface area (Å²) in [6.07, 6.45) is -2.17. The lowest BCUT2D eigenvalue weighted by atomic mass is 10.7. The lowest BCUT2D eigenvalue weighted by Crippen LogP contribution is -2.26. The zero-order chi connectivity index (χ0) is 13.0. The van der Waals surface area contributed by atoms with E-state index >= 15 is 0 Å². The van der Waals surface area contributed by atoms with Crippen LogP contribution in [0.15, 0.2) is 12.1 Å². The van der Waals surface area contributed by atoms with Crippen LogP contribution in [0.3, 0.4) is 0 Å². The van der Waals surface area contributed by atoms with Crippen LogP contribution in [0.4, 0.5) is 0 Å². The summed E-state index contributed by atoms with van der Waals surface area (Å²) in [6, 6.07) is 0. The molecule has 0 aliphatic rings. The van der Waals surface area contributed by atoms with Crippen LogP contribution < -0.4 is 0 Å². The van der Waals surface area contributed by atoms with Gasteiger partial charge in [0, 0.05) is 0 Å². The highest BCUT2D eigenvalue weighted by Crippen LogP contribution is 2.42. The number of aliphatic hydroxyl groups excluding tert-OH is 1. The molecular formula is C4H11NO9P2. The van der Waals surface area contributed by atoms with Gasteiger partial charge in [-0.25, -0.2) is 5.26 Å². The molecule has 0 saturated heterocycles. The molecule has 6 N–H and O–H groups in total. The van der Waals surface area contributed by atoms with Gasteiger partial charge < -0.3 is 34.5 Å². The average molecular weight is 279 g/mol. The van der Waals surface area contributed by atoms with E-state index in [9.17, 15) is 9.13 Å². The van der Waals surface area contributed by atoms with E-state index in [4.69, 9.17) is 29.9 Å². The van der Waals surface area contributed by atoms with Gasteiger partial charge in [0.05, 0.1) is 0 Å². The van der Waals surface area contributed by atoms with E-state index in [2.05, 4.69) is 4.89 Å². The second-order valence-electron chi connectivity index (χ2n) is 2.71. The highest BCUT2D eigenvalue weighted by atomic mass is 31.2. The van der Waals surface area contributed by atoms with E-state index < -0.39 is 33.6 Å². The van der Waals surface area contributed by atoms with Gasteiger partial charge in [-0.05, 0) is 0 Å². The van der Waals surface area contributed by atoms with E-state index in [-0.39, 0.29) is 6.26 Å². The molecule has 0 atom stereocenters. The van der Waals surface area contributed by atoms with Crippen LogP contribution in [0.25, 0.3) is 0 Å². The molecule has 0 fully saturated rings. The summed E-state index contributed by atoms with van der Waals surface area (Å²) < 4.78 is 21.2. The van der Waals surface area contributed by atoms with Gasteiger partial charge in [-0.3, -0.25) is 9.13 Å². The lowest BCUT2D eigenvalue weighted by Gasteiger charge is -2.23. The third kappa shape index (κ3) is 6.81. The third-order valence-corrected chi connectivity index (χ3v) is 2.65. The summed E-state index contributed by atoms with van der Waals surface area (Å²) in [5.41, 5.74) is 0. The zero-order valence-electron chi connectivity index (χ0n) is 7.74. The summed E-state index contributed by atoms with van der Waals surface area (Å²) in [4.78, 5) is 38.2. The minimum atomic E-state index is -4.65. The molecule has 0 aromatic carbocycles. The maximum Gasteiger partial charge on any atom is 0.344 e. The van der Waals surface area contributed by atoms with Crippen molar-refractivity contribution in [2.24, 2.45) is 0 Å². The SMILES string of the molecule is O=P(O)(O)CN(CP(=O)(O)O)/C(=C\O)OO. The highest BCUT2D eigenvalue weighted by Gasteiger charge is 2.28. The molecule has 0 spiro atoms. The molecule has 0 rings (SSSR count). The van der Waals surface area contributed by atoms with Crippen molar-refractivity contribution < 1.29 is 44.0 Å². The molecule has 10 nitrogen and oxygen atoms in total. The molecule has 0 unspecified atom stereocenters. The Balaban J connectivity index is 4.92. The Morgan fingerprint density at radius 1 is 1.12 bits per heavy atom. The third-order valence-electron chi connectivity index (χ3n) is 1.23. The molecule has 0 aliphatic carbocycles. The van der Waals surface area contributed by atoms with Gasteiger partial charge >= 0.3 is 15.2 Å². The Morgan fingerprint density at radius 2 is 1.50 bits per heavy atom. The Bertz CT molecular complexity index is 317. The van der Waals surface area contributed by atoms with E-state index in [0.717, 1.165) is 0 Å². The molecule has 0 saturated carbocycles. The minimum Gasteiger partial charge on any atom is -0.510 e. The first-order chi connectivity index (χ1) is 7.09. The fraction of sp³-hybridized carbons (Fsp3) is 0.500. The molecule has 16 heavy (non-hydrogen) atoms. The molecule has 0 heterocycles. The first kappa shape index (κ1) is 15.4. The zero-order valence-corrected chi connectivity index (χ0v) is 9.53. The van der Waals surface area contributed by atoms with Gasteiger partial charge in [0.15, 0.2) is 0 Å². The number of hydrogen-bond acceptors (Lipinski definition) is 6. The molecule has 0 bridgehead atoms. The normalized spacial score (nSPS) is 13.7. The molecule has 96 valence electrons. The van der Waals surface area contributed by atoms with E-state index in [0.29, 0.717) is 4.90 Å². The summed E-state index contributed by atoms with van der Waals surface area (Å²) in [5, 5.41) is 16.7. The smallest absolute Gasteiger partial charge is 0.344 e. The van der Waals surface area contributed by atoms with Gasteiger partial charge in [0.25, 0.3) is 5.88 Å². The quantitative estimate of drug-likeness (QED) is 0.160. The molecule has 0 radical (unpaired) electrons. The first-order valence-electron chi connectivity index (χ1n) is 3.59. The van der Waals surface area contributed by atoms with Crippen molar-refractivity contribution in [1.82, 2.24) is 4.90 Å². The van der Waals surface area contributed by atoms with E-state index in [1.807, 2.05) is 0 Å². The van der Waals surface area contributed by atoms with E-state index in [1.54, 1.807) is 0 Å². The molecule has 0 amide bonds. The maximum absolute atomic E-state index is 10.6. The van der Waals surface area contributed by atoms with Crippen molar-refractivity contribution in [3.63, 3.8) is 0 Å². The molecule has 12 heteroatoms. The fourth-order valence-electron chi connectivity index (χ4n) is 0.792. The van der Waals surface area contributed by atoms with Crippen LogP contribution in [0, 0.1) is 0 Å². The van der Waals surface area contributed by atoms with Crippen molar-refractivity contribution in [3.8, 4) is 0 Å². The monoisotopic (exact) mass is 279 g/mol. The van der Waals surface area contributed by atoms with Crippen LogP contribution in [0.1, 0.15) is 0 Å². The predicted octanol–water partition coefficient (Wildman–Crippen LogP) is -0.595. The van der Waals surface area contributed by atoms with Gasteiger partial charge in [-0.2, -0.15) is 0 Å². The van der Waals surface area contributed by atoms with Crippen molar-refractivity contribution in [3.05, 3.63) is 12.1 Å². The van der Waals surface area contributed by atoms with Crippen molar-refractivity contribution in [1.29, 1.82) is 0 Å². The predicted molar refractivity (Wildman–Crippen MR) is 50.1 cm³/mol. The standard InChI is InChI=1S/C4H11NO9P2/c6-1-4(14-7)5(2-15(8,9)10)3-16(11,12)13/h1,6-7H,2-3H2,(H2,8,9,10)(H2,11,12,13)/b4-1+. The topological polar surface area (TPSA) is 168 Å². The lowest BCUT2D eigenvalue weighted by molar-refractivity contribution is -0.224. The summed E-state index contributed by atoms with van der Waals surface area (Å²) in [5.74, 6) is -0.897. The second-order valence-corrected chi connectivity index (χ2v) is 5.94. The Labute approximate surface area is 89.6 Å². The first-order valence-corrected chi connectivity index (χ1v) is 7.18. The fourth-order valence-corrected chi connectivity index (χ4v) is 2.32. The summed E-state index contributed by atoms with van der Waals surface area (Å²) in [6.45, 7) is 0. The van der Waals surface area contributed by atoms with Gasteiger partial charge in [0.1, 0.15) is 18.8 Å². The maximum atomic E-state index is 10.6. The van der Waals surface area contributed by atoms with Crippen molar-refractivity contribution in [2.45, 2.75) is 0 Å². The number of aliphatic hydroxyl groups is 1. The molecule has 0 aromatic heterocycles. The van der Waals surface area contributed by atoms with E-state index in [1.165, 1.54) is 0 Å². The van der Waals surface area contributed by atoms with Crippen molar-refractivity contribution in [2.75, 3.05) is 12.6 Å². The number of nitrogens with zero attached hydrogens (tertiary/aromatic N) is 1. The molecule has 0 aliphatic heterocycles. The Kier molecular flexibility index (Phi) is 5.43. The van der Waals surface area contributed by atoms with Crippen LogP contribution in [0.5, 0.6) is 0 Å². The minimum absolute atomic E-state index is 0.102. The Hall–Kier alpha value is -0.600. The van der Waals surface area contributed by atoms with Gasteiger partial charge in [0.2, 0.25) is 0 Å². The van der Waals surface area contributed by atoms with Crippen LogP contribution in [-0.4, -0.2) is 47.4 Å². The van der Waals surface area contributed by atoms with Crippen LogP contribution in [-0.2, 0) is 14.0 Å². The number of rotatable bonds is 6.